The van der Waals surface area contributed by atoms with E-state index in [0.717, 1.165) is 11.1 Å². The highest BCUT2D eigenvalue weighted by Gasteiger charge is 2.10. The Morgan fingerprint density at radius 3 is 2.35 bits per heavy atom. The van der Waals surface area contributed by atoms with E-state index < -0.39 is 0 Å². The molecule has 0 heterocycles. The van der Waals surface area contributed by atoms with Gasteiger partial charge in [-0.25, -0.2) is 0 Å². The molecule has 0 spiro atoms. The maximum atomic E-state index is 12.2. The zero-order valence-corrected chi connectivity index (χ0v) is 14.3. The fraction of sp³-hybridized carbons (Fsp3) is 0.222. The molecule has 0 saturated carbocycles. The summed E-state index contributed by atoms with van der Waals surface area (Å²) in [5.74, 6) is -0.384. The molecule has 0 radical (unpaired) electrons. The maximum absolute atomic E-state index is 12.2. The van der Waals surface area contributed by atoms with Crippen molar-refractivity contribution in [2.45, 2.75) is 4.90 Å². The summed E-state index contributed by atoms with van der Waals surface area (Å²) in [6, 6.07) is 15.6. The molecule has 0 bridgehead atoms. The molecule has 0 aliphatic carbocycles. The average Bonchev–Trinajstić information content (AvgIpc) is 2.59. The van der Waals surface area contributed by atoms with Gasteiger partial charge in [-0.15, -0.1) is 11.8 Å². The third-order valence-electron chi connectivity index (χ3n) is 3.45. The minimum absolute atomic E-state index is 0.00151. The van der Waals surface area contributed by atoms with Gasteiger partial charge in [0.2, 0.25) is 5.91 Å². The second kappa shape index (κ2) is 7.83. The molecule has 0 aliphatic heterocycles. The van der Waals surface area contributed by atoms with Crippen LogP contribution in [0.5, 0.6) is 0 Å². The summed E-state index contributed by atoms with van der Waals surface area (Å²) in [4.78, 5) is 26.4. The van der Waals surface area contributed by atoms with Crippen LogP contribution in [-0.4, -0.2) is 43.6 Å². The van der Waals surface area contributed by atoms with E-state index in [1.165, 1.54) is 9.80 Å². The van der Waals surface area contributed by atoms with Crippen LogP contribution in [0.2, 0.25) is 0 Å². The highest BCUT2D eigenvalue weighted by atomic mass is 32.2. The number of amides is 2. The van der Waals surface area contributed by atoms with Crippen molar-refractivity contribution < 1.29 is 9.59 Å². The average molecular weight is 328 g/mol. The van der Waals surface area contributed by atoms with E-state index in [4.69, 9.17) is 0 Å². The Morgan fingerprint density at radius 1 is 1.04 bits per heavy atom. The Balaban J connectivity index is 2.12. The Labute approximate surface area is 140 Å². The standard InChI is InChI=1S/C18H20N2O2S/c1-20(2)17(21)12-19-18(22)15-6-4-5-14(11-15)13-7-9-16(23-3)10-8-13/h4-11H,12H2,1-3H3,(H,19,22). The van der Waals surface area contributed by atoms with Gasteiger partial charge >= 0.3 is 0 Å². The second-order valence-electron chi connectivity index (χ2n) is 5.28. The quantitative estimate of drug-likeness (QED) is 0.859. The van der Waals surface area contributed by atoms with Gasteiger partial charge in [-0.3, -0.25) is 9.59 Å². The van der Waals surface area contributed by atoms with Crippen LogP contribution < -0.4 is 5.32 Å². The lowest BCUT2D eigenvalue weighted by atomic mass is 10.0. The summed E-state index contributed by atoms with van der Waals surface area (Å²) in [7, 11) is 3.32. The first-order valence-corrected chi connectivity index (χ1v) is 8.46. The minimum Gasteiger partial charge on any atom is -0.347 e. The summed E-state index contributed by atoms with van der Waals surface area (Å²) in [5.41, 5.74) is 2.58. The van der Waals surface area contributed by atoms with E-state index in [9.17, 15) is 9.59 Å². The third-order valence-corrected chi connectivity index (χ3v) is 4.19. The van der Waals surface area contributed by atoms with Gasteiger partial charge in [0.15, 0.2) is 0 Å². The molecule has 2 aromatic rings. The van der Waals surface area contributed by atoms with Crippen LogP contribution in [0.15, 0.2) is 53.4 Å². The van der Waals surface area contributed by atoms with E-state index in [2.05, 4.69) is 17.4 Å². The Hall–Kier alpha value is -2.27. The number of carbonyl (C=O) groups is 2. The number of nitrogens with one attached hydrogen (secondary N) is 1. The Bertz CT molecular complexity index is 696. The lowest BCUT2D eigenvalue weighted by Gasteiger charge is -2.11. The molecule has 0 unspecified atom stereocenters. The summed E-state index contributed by atoms with van der Waals surface area (Å²) >= 11 is 1.69. The number of likely N-dealkylation sites (N-methyl/N-ethyl adjacent to an activating group) is 1. The molecule has 0 fully saturated rings. The van der Waals surface area contributed by atoms with Crippen molar-refractivity contribution in [3.8, 4) is 11.1 Å². The van der Waals surface area contributed by atoms with Gasteiger partial charge in [-0.2, -0.15) is 0 Å². The molecule has 23 heavy (non-hydrogen) atoms. The van der Waals surface area contributed by atoms with Crippen molar-refractivity contribution in [2.75, 3.05) is 26.9 Å². The van der Waals surface area contributed by atoms with Crippen LogP contribution in [0, 0.1) is 0 Å². The molecule has 5 heteroatoms. The van der Waals surface area contributed by atoms with Crippen LogP contribution in [-0.2, 0) is 4.79 Å². The fourth-order valence-electron chi connectivity index (χ4n) is 2.04. The number of hydrogen-bond donors (Lipinski definition) is 1. The van der Waals surface area contributed by atoms with E-state index in [1.807, 2.05) is 36.6 Å². The molecule has 0 aromatic heterocycles. The molecule has 2 rings (SSSR count). The molecular weight excluding hydrogens is 308 g/mol. The molecule has 1 N–H and O–H groups in total. The molecule has 0 saturated heterocycles. The normalized spacial score (nSPS) is 10.2. The summed E-state index contributed by atoms with van der Waals surface area (Å²) < 4.78 is 0. The highest BCUT2D eigenvalue weighted by Crippen LogP contribution is 2.23. The zero-order chi connectivity index (χ0) is 16.8. The van der Waals surface area contributed by atoms with Gasteiger partial charge < -0.3 is 10.2 Å². The molecule has 2 aromatic carbocycles. The largest absolute Gasteiger partial charge is 0.347 e. The lowest BCUT2D eigenvalue weighted by Crippen LogP contribution is -2.36. The van der Waals surface area contributed by atoms with Crippen LogP contribution in [0.25, 0.3) is 11.1 Å². The van der Waals surface area contributed by atoms with Crippen molar-refractivity contribution in [1.29, 1.82) is 0 Å². The topological polar surface area (TPSA) is 49.4 Å². The Morgan fingerprint density at radius 2 is 1.74 bits per heavy atom. The molecule has 0 aliphatic rings. The van der Waals surface area contributed by atoms with Gasteiger partial charge in [0.1, 0.15) is 0 Å². The van der Waals surface area contributed by atoms with Crippen molar-refractivity contribution in [2.24, 2.45) is 0 Å². The first kappa shape index (κ1) is 17.1. The lowest BCUT2D eigenvalue weighted by molar-refractivity contribution is -0.127. The van der Waals surface area contributed by atoms with Gasteiger partial charge in [-0.1, -0.05) is 24.3 Å². The number of hydrogen-bond acceptors (Lipinski definition) is 3. The SMILES string of the molecule is CSc1ccc(-c2cccc(C(=O)NCC(=O)N(C)C)c2)cc1. The zero-order valence-electron chi connectivity index (χ0n) is 13.5. The van der Waals surface area contributed by atoms with E-state index in [1.54, 1.807) is 31.9 Å². The summed E-state index contributed by atoms with van der Waals surface area (Å²) in [5, 5.41) is 2.64. The van der Waals surface area contributed by atoms with Crippen molar-refractivity contribution in [3.05, 3.63) is 54.1 Å². The van der Waals surface area contributed by atoms with Gasteiger partial charge in [0.05, 0.1) is 6.54 Å². The third kappa shape index (κ3) is 4.60. The summed E-state index contributed by atoms with van der Waals surface area (Å²) in [6.07, 6.45) is 2.04. The number of nitrogens with zero attached hydrogens (tertiary/aromatic N) is 1. The first-order valence-electron chi connectivity index (χ1n) is 7.24. The summed E-state index contributed by atoms with van der Waals surface area (Å²) in [6.45, 7) is -0.00151. The molecule has 0 atom stereocenters. The van der Waals surface area contributed by atoms with Crippen LogP contribution >= 0.6 is 11.8 Å². The van der Waals surface area contributed by atoms with Crippen molar-refractivity contribution in [1.82, 2.24) is 10.2 Å². The molecule has 4 nitrogen and oxygen atoms in total. The fourth-order valence-corrected chi connectivity index (χ4v) is 2.45. The predicted molar refractivity (Wildman–Crippen MR) is 94.7 cm³/mol. The van der Waals surface area contributed by atoms with Crippen LogP contribution in [0.1, 0.15) is 10.4 Å². The second-order valence-corrected chi connectivity index (χ2v) is 6.16. The molecule has 2 amide bonds. The number of rotatable bonds is 5. The Kier molecular flexibility index (Phi) is 5.82. The van der Waals surface area contributed by atoms with Crippen molar-refractivity contribution in [3.63, 3.8) is 0 Å². The number of carbonyl (C=O) groups excluding carboxylic acids is 2. The minimum atomic E-state index is -0.247. The number of thioether (sulfide) groups is 1. The van der Waals surface area contributed by atoms with E-state index >= 15 is 0 Å². The van der Waals surface area contributed by atoms with E-state index in [0.29, 0.717) is 5.56 Å². The van der Waals surface area contributed by atoms with Gasteiger partial charge in [0.25, 0.3) is 5.91 Å². The highest BCUT2D eigenvalue weighted by molar-refractivity contribution is 7.98. The van der Waals surface area contributed by atoms with Gasteiger partial charge in [0, 0.05) is 24.6 Å². The predicted octanol–water partition coefficient (Wildman–Crippen LogP) is 2.89. The first-order chi connectivity index (χ1) is 11.0. The monoisotopic (exact) mass is 328 g/mol. The maximum Gasteiger partial charge on any atom is 0.251 e. The van der Waals surface area contributed by atoms with Crippen LogP contribution in [0.4, 0.5) is 0 Å². The van der Waals surface area contributed by atoms with Crippen molar-refractivity contribution >= 4 is 23.6 Å². The molecular formula is C18H20N2O2S. The molecule has 120 valence electrons. The van der Waals surface area contributed by atoms with Crippen LogP contribution in [0.3, 0.4) is 0 Å². The van der Waals surface area contributed by atoms with E-state index in [-0.39, 0.29) is 18.4 Å². The number of benzene rings is 2. The smallest absolute Gasteiger partial charge is 0.251 e. The van der Waals surface area contributed by atoms with Gasteiger partial charge in [-0.05, 0) is 41.6 Å².